The molecular weight excluding hydrogens is 336 g/mol. The summed E-state index contributed by atoms with van der Waals surface area (Å²) >= 11 is 5.97. The molecule has 23 heavy (non-hydrogen) atoms. The van der Waals surface area contributed by atoms with Crippen LogP contribution in [0.15, 0.2) is 23.7 Å². The Hall–Kier alpha value is -2.20. The molecule has 0 aliphatic rings. The molecule has 0 saturated carbocycles. The molecule has 0 radical (unpaired) electrons. The fourth-order valence-electron chi connectivity index (χ4n) is 2.19. The predicted molar refractivity (Wildman–Crippen MR) is 90.3 cm³/mol. The zero-order chi connectivity index (χ0) is 16.2. The topological polar surface area (TPSA) is 108 Å². The number of benzene rings is 1. The van der Waals surface area contributed by atoms with Crippen LogP contribution < -0.4 is 4.90 Å². The van der Waals surface area contributed by atoms with Crippen LogP contribution in [-0.2, 0) is 6.42 Å². The lowest BCUT2D eigenvalue weighted by Gasteiger charge is -2.22. The summed E-state index contributed by atoms with van der Waals surface area (Å²) in [5, 5.41) is 23.0. The largest absolute Gasteiger partial charge is 0.465 e. The zero-order valence-electron chi connectivity index (χ0n) is 12.0. The molecule has 1 unspecified atom stereocenters. The quantitative estimate of drug-likeness (QED) is 0.588. The van der Waals surface area contributed by atoms with E-state index < -0.39 is 6.09 Å². The van der Waals surface area contributed by atoms with Gasteiger partial charge in [-0.15, -0.1) is 21.5 Å². The first-order valence-corrected chi connectivity index (χ1v) is 8.27. The van der Waals surface area contributed by atoms with E-state index in [9.17, 15) is 9.90 Å². The van der Waals surface area contributed by atoms with E-state index in [0.717, 1.165) is 10.2 Å². The van der Waals surface area contributed by atoms with Crippen molar-refractivity contribution < 1.29 is 9.90 Å². The maximum absolute atomic E-state index is 11.6. The smallest absolute Gasteiger partial charge is 0.411 e. The molecule has 3 aromatic rings. The lowest BCUT2D eigenvalue weighted by atomic mass is 10.2. The molecule has 0 fully saturated rings. The summed E-state index contributed by atoms with van der Waals surface area (Å²) in [6.07, 6.45) is 0.230. The van der Waals surface area contributed by atoms with Gasteiger partial charge in [-0.25, -0.2) is 9.78 Å². The van der Waals surface area contributed by atoms with Crippen molar-refractivity contribution in [2.75, 3.05) is 11.4 Å². The van der Waals surface area contributed by atoms with E-state index in [4.69, 9.17) is 0 Å². The average molecular weight is 350 g/mol. The Morgan fingerprint density at radius 2 is 2.35 bits per heavy atom. The number of thiol groups is 1. The number of hydrogen-bond acceptors (Lipinski definition) is 7. The van der Waals surface area contributed by atoms with Gasteiger partial charge >= 0.3 is 6.09 Å². The molecule has 0 saturated heterocycles. The maximum Gasteiger partial charge on any atom is 0.411 e. The third kappa shape index (κ3) is 3.77. The number of fused-ring (bicyclic) bond motifs is 1. The number of thiazole rings is 1. The normalized spacial score (nSPS) is 12.4. The van der Waals surface area contributed by atoms with Crippen LogP contribution >= 0.6 is 24.0 Å². The van der Waals surface area contributed by atoms with Crippen LogP contribution in [0.1, 0.15) is 12.2 Å². The first kappa shape index (κ1) is 15.7. The van der Waals surface area contributed by atoms with Crippen molar-refractivity contribution in [1.29, 1.82) is 0 Å². The number of anilines is 1. The molecule has 2 N–H and O–H groups in total. The Bertz CT molecular complexity index is 791. The lowest BCUT2D eigenvalue weighted by molar-refractivity contribution is 0.201. The van der Waals surface area contributed by atoms with E-state index in [0.29, 0.717) is 24.4 Å². The van der Waals surface area contributed by atoms with Crippen molar-refractivity contribution in [3.63, 3.8) is 0 Å². The van der Waals surface area contributed by atoms with Crippen LogP contribution in [0.3, 0.4) is 0 Å². The summed E-state index contributed by atoms with van der Waals surface area (Å²) in [6, 6.07) is 5.42. The van der Waals surface area contributed by atoms with Gasteiger partial charge in [0.1, 0.15) is 0 Å². The van der Waals surface area contributed by atoms with Gasteiger partial charge in [0, 0.05) is 23.9 Å². The number of carbonyl (C=O) groups is 1. The summed E-state index contributed by atoms with van der Waals surface area (Å²) < 4.78 is 0.955. The number of rotatable bonds is 6. The van der Waals surface area contributed by atoms with Gasteiger partial charge in [-0.3, -0.25) is 4.90 Å². The Kier molecular flexibility index (Phi) is 4.72. The van der Waals surface area contributed by atoms with Crippen molar-refractivity contribution in [2.45, 2.75) is 18.1 Å². The molecule has 3 rings (SSSR count). The highest BCUT2D eigenvalue weighted by atomic mass is 32.1. The molecule has 1 amide bonds. The number of amides is 1. The molecule has 0 spiro atoms. The van der Waals surface area contributed by atoms with Crippen LogP contribution in [0.2, 0.25) is 0 Å². The van der Waals surface area contributed by atoms with Gasteiger partial charge in [0.25, 0.3) is 0 Å². The van der Waals surface area contributed by atoms with Crippen LogP contribution in [0.4, 0.5) is 10.5 Å². The fraction of sp³-hybridized carbons (Fsp3) is 0.308. The summed E-state index contributed by atoms with van der Waals surface area (Å²) in [5.74, 6) is 0.594. The second-order valence-corrected chi connectivity index (χ2v) is 6.53. The third-order valence-electron chi connectivity index (χ3n) is 3.34. The molecule has 2 aromatic heterocycles. The minimum Gasteiger partial charge on any atom is -0.465 e. The van der Waals surface area contributed by atoms with Crippen LogP contribution in [0.5, 0.6) is 0 Å². The Morgan fingerprint density at radius 1 is 1.48 bits per heavy atom. The maximum atomic E-state index is 11.6. The van der Waals surface area contributed by atoms with Gasteiger partial charge < -0.3 is 5.11 Å². The lowest BCUT2D eigenvalue weighted by Crippen LogP contribution is -2.35. The number of nitrogens with one attached hydrogen (secondary N) is 1. The SMILES string of the molecule is O=C(O)N(CC(S)CCc1nn[nH]n1)c1ccc2ncsc2c1. The molecule has 10 heteroatoms. The van der Waals surface area contributed by atoms with Gasteiger partial charge in [-0.1, -0.05) is 5.21 Å². The second kappa shape index (κ2) is 6.92. The van der Waals surface area contributed by atoms with Gasteiger partial charge in [-0.05, 0) is 24.6 Å². The van der Waals surface area contributed by atoms with Gasteiger partial charge in [0.05, 0.1) is 15.7 Å². The number of aromatic amines is 1. The molecule has 120 valence electrons. The van der Waals surface area contributed by atoms with Gasteiger partial charge in [0.2, 0.25) is 0 Å². The summed E-state index contributed by atoms with van der Waals surface area (Å²) in [6.45, 7) is 0.278. The summed E-state index contributed by atoms with van der Waals surface area (Å²) in [5.41, 5.74) is 3.22. The van der Waals surface area contributed by atoms with E-state index in [1.165, 1.54) is 16.2 Å². The zero-order valence-corrected chi connectivity index (χ0v) is 13.7. The minimum atomic E-state index is -1.01. The molecular formula is C13H14N6O2S2. The first-order valence-electron chi connectivity index (χ1n) is 6.87. The second-order valence-electron chi connectivity index (χ2n) is 4.92. The number of tetrazole rings is 1. The number of aryl methyl sites for hydroxylation is 1. The number of H-pyrrole nitrogens is 1. The van der Waals surface area contributed by atoms with Crippen molar-refractivity contribution in [3.05, 3.63) is 29.5 Å². The van der Waals surface area contributed by atoms with Crippen LogP contribution in [0, 0.1) is 0 Å². The van der Waals surface area contributed by atoms with Crippen molar-refractivity contribution in [1.82, 2.24) is 25.6 Å². The standard InChI is InChI=1S/C13H14N6O2S2/c20-13(21)19(6-9(22)2-4-12-15-17-18-16-12)8-1-3-10-11(5-8)23-7-14-10/h1,3,5,7,9,22H,2,4,6H2,(H,20,21)(H,15,16,17,18). The average Bonchev–Trinajstić information content (AvgIpc) is 3.20. The Balaban J connectivity index is 1.69. The van der Waals surface area contributed by atoms with Crippen molar-refractivity contribution in [2.24, 2.45) is 0 Å². The monoisotopic (exact) mass is 350 g/mol. The predicted octanol–water partition coefficient (Wildman–Crippen LogP) is 2.22. The summed E-state index contributed by atoms with van der Waals surface area (Å²) in [4.78, 5) is 17.1. The number of hydrogen-bond donors (Lipinski definition) is 3. The molecule has 2 heterocycles. The molecule has 0 aliphatic carbocycles. The van der Waals surface area contributed by atoms with Gasteiger partial charge in [-0.2, -0.15) is 17.8 Å². The van der Waals surface area contributed by atoms with Crippen molar-refractivity contribution in [3.8, 4) is 0 Å². The molecule has 0 aliphatic heterocycles. The highest BCUT2D eigenvalue weighted by Crippen LogP contribution is 2.25. The van der Waals surface area contributed by atoms with E-state index in [1.54, 1.807) is 11.6 Å². The molecule has 1 atom stereocenters. The van der Waals surface area contributed by atoms with E-state index in [1.807, 2.05) is 12.1 Å². The first-order chi connectivity index (χ1) is 11.1. The third-order valence-corrected chi connectivity index (χ3v) is 4.55. The Morgan fingerprint density at radius 3 is 3.09 bits per heavy atom. The summed E-state index contributed by atoms with van der Waals surface area (Å²) in [7, 11) is 0. The Labute approximate surface area is 140 Å². The van der Waals surface area contributed by atoms with E-state index in [2.05, 4.69) is 38.2 Å². The molecule has 0 bridgehead atoms. The van der Waals surface area contributed by atoms with E-state index in [-0.39, 0.29) is 11.8 Å². The van der Waals surface area contributed by atoms with Crippen LogP contribution in [-0.4, -0.2) is 48.6 Å². The van der Waals surface area contributed by atoms with Gasteiger partial charge in [0.15, 0.2) is 5.82 Å². The fourth-order valence-corrected chi connectivity index (χ4v) is 3.19. The highest BCUT2D eigenvalue weighted by Gasteiger charge is 2.19. The highest BCUT2D eigenvalue weighted by molar-refractivity contribution is 7.81. The molecule has 8 nitrogen and oxygen atoms in total. The number of carboxylic acid groups (broad SMARTS) is 1. The minimum absolute atomic E-state index is 0.137. The molecule has 1 aromatic carbocycles. The van der Waals surface area contributed by atoms with E-state index >= 15 is 0 Å². The number of aromatic nitrogens is 5. The van der Waals surface area contributed by atoms with Crippen LogP contribution in [0.25, 0.3) is 10.2 Å². The number of nitrogens with zero attached hydrogens (tertiary/aromatic N) is 5. The van der Waals surface area contributed by atoms with Crippen molar-refractivity contribution >= 4 is 46.0 Å².